The Hall–Kier alpha value is -3.82. The van der Waals surface area contributed by atoms with E-state index in [0.29, 0.717) is 5.92 Å². The predicted molar refractivity (Wildman–Crippen MR) is 181 cm³/mol. The van der Waals surface area contributed by atoms with Crippen LogP contribution in [0, 0.1) is 29.6 Å². The van der Waals surface area contributed by atoms with Crippen LogP contribution in [0.5, 0.6) is 0 Å². The highest BCUT2D eigenvalue weighted by molar-refractivity contribution is 6.73. The normalized spacial score (nSPS) is 11.4. The van der Waals surface area contributed by atoms with Crippen molar-refractivity contribution in [2.24, 2.45) is 5.92 Å². The van der Waals surface area contributed by atoms with E-state index in [1.165, 1.54) is 11.1 Å². The Morgan fingerprint density at radius 3 is 1.19 bits per heavy atom. The molecule has 0 unspecified atom stereocenters. The van der Waals surface area contributed by atoms with Crippen LogP contribution in [0.25, 0.3) is 0 Å². The summed E-state index contributed by atoms with van der Waals surface area (Å²) >= 11 is 0. The van der Waals surface area contributed by atoms with E-state index in [0.717, 1.165) is 53.2 Å². The zero-order chi connectivity index (χ0) is 29.8. The van der Waals surface area contributed by atoms with Crippen molar-refractivity contribution < 1.29 is 4.43 Å². The van der Waals surface area contributed by atoms with Crippen molar-refractivity contribution in [3.8, 4) is 23.7 Å². The van der Waals surface area contributed by atoms with Gasteiger partial charge in [0.1, 0.15) is 0 Å². The van der Waals surface area contributed by atoms with E-state index in [9.17, 15) is 0 Å². The van der Waals surface area contributed by atoms with Gasteiger partial charge in [0, 0.05) is 22.3 Å². The third-order valence-corrected chi connectivity index (χ3v) is 13.3. The molecule has 0 amide bonds. The standard InChI is InChI=1S/C40H44OSi/c1-6-42(7-2,8-3)41-40(4,5)39(31-37-27-23-35(24-28-37)21-19-33-15-11-9-12-16-33)32-38-29-25-36(26-30-38)22-20-34-17-13-10-14-18-34/h9-18,23-30,39H,6-8,31-32H2,1-5H3. The Morgan fingerprint density at radius 1 is 0.524 bits per heavy atom. The number of hydrogen-bond acceptors (Lipinski definition) is 1. The summed E-state index contributed by atoms with van der Waals surface area (Å²) < 4.78 is 7.20. The fourth-order valence-electron chi connectivity index (χ4n) is 5.52. The second kappa shape index (κ2) is 14.9. The first-order valence-corrected chi connectivity index (χ1v) is 17.9. The fourth-order valence-corrected chi connectivity index (χ4v) is 8.74. The van der Waals surface area contributed by atoms with Crippen molar-refractivity contribution in [1.29, 1.82) is 0 Å². The van der Waals surface area contributed by atoms with Crippen molar-refractivity contribution in [2.75, 3.05) is 0 Å². The van der Waals surface area contributed by atoms with Crippen molar-refractivity contribution in [3.63, 3.8) is 0 Å². The smallest absolute Gasteiger partial charge is 0.192 e. The average Bonchev–Trinajstić information content (AvgIpc) is 3.03. The first kappa shape index (κ1) is 31.1. The highest BCUT2D eigenvalue weighted by atomic mass is 28.4. The van der Waals surface area contributed by atoms with Crippen LogP contribution in [0.1, 0.15) is 68.0 Å². The van der Waals surface area contributed by atoms with Crippen molar-refractivity contribution >= 4 is 8.32 Å². The van der Waals surface area contributed by atoms with Gasteiger partial charge in [-0.15, -0.1) is 0 Å². The van der Waals surface area contributed by atoms with Gasteiger partial charge in [-0.05, 0) is 110 Å². The predicted octanol–water partition coefficient (Wildman–Crippen LogP) is 9.69. The second-order valence-electron chi connectivity index (χ2n) is 11.7. The molecule has 0 atom stereocenters. The monoisotopic (exact) mass is 568 g/mol. The van der Waals surface area contributed by atoms with E-state index in [4.69, 9.17) is 4.43 Å². The molecule has 2 heteroatoms. The van der Waals surface area contributed by atoms with E-state index >= 15 is 0 Å². The van der Waals surface area contributed by atoms with Gasteiger partial charge in [-0.25, -0.2) is 0 Å². The fraction of sp³-hybridized carbons (Fsp3) is 0.300. The summed E-state index contributed by atoms with van der Waals surface area (Å²) in [7, 11) is -1.79. The maximum absolute atomic E-state index is 7.20. The molecule has 0 saturated heterocycles. The van der Waals surface area contributed by atoms with Gasteiger partial charge in [-0.1, -0.05) is 105 Å². The van der Waals surface area contributed by atoms with Crippen LogP contribution in [0.2, 0.25) is 18.1 Å². The Bertz CT molecular complexity index is 1400. The molecule has 0 aliphatic heterocycles. The van der Waals surface area contributed by atoms with Crippen LogP contribution in [0.3, 0.4) is 0 Å². The van der Waals surface area contributed by atoms with E-state index in [-0.39, 0.29) is 5.60 Å². The van der Waals surface area contributed by atoms with E-state index < -0.39 is 8.32 Å². The molecule has 0 fully saturated rings. The Labute approximate surface area is 255 Å². The minimum atomic E-state index is -1.79. The van der Waals surface area contributed by atoms with Crippen LogP contribution in [0.4, 0.5) is 0 Å². The van der Waals surface area contributed by atoms with Gasteiger partial charge in [0.05, 0.1) is 5.60 Å². The molecule has 4 aromatic rings. The van der Waals surface area contributed by atoms with Gasteiger partial charge in [-0.3, -0.25) is 0 Å². The molecule has 0 N–H and O–H groups in total. The van der Waals surface area contributed by atoms with Gasteiger partial charge < -0.3 is 4.43 Å². The molecule has 0 aliphatic carbocycles. The van der Waals surface area contributed by atoms with Gasteiger partial charge in [0.15, 0.2) is 8.32 Å². The Balaban J connectivity index is 1.55. The van der Waals surface area contributed by atoms with Crippen LogP contribution in [0.15, 0.2) is 109 Å². The largest absolute Gasteiger partial charge is 0.412 e. The van der Waals surface area contributed by atoms with E-state index in [1.807, 2.05) is 60.7 Å². The molecule has 0 spiro atoms. The first-order chi connectivity index (χ1) is 20.3. The Kier molecular flexibility index (Phi) is 11.0. The molecule has 0 bridgehead atoms. The van der Waals surface area contributed by atoms with Crippen LogP contribution in [-0.2, 0) is 17.3 Å². The van der Waals surface area contributed by atoms with Crippen LogP contribution < -0.4 is 0 Å². The average molecular weight is 569 g/mol. The molecule has 4 rings (SSSR count). The van der Waals surface area contributed by atoms with Gasteiger partial charge in [0.25, 0.3) is 0 Å². The number of benzene rings is 4. The zero-order valence-corrected chi connectivity index (χ0v) is 26.9. The van der Waals surface area contributed by atoms with Crippen LogP contribution in [-0.4, -0.2) is 13.9 Å². The lowest BCUT2D eigenvalue weighted by Gasteiger charge is -2.43. The minimum absolute atomic E-state index is 0.244. The summed E-state index contributed by atoms with van der Waals surface area (Å²) in [5.41, 5.74) is 6.55. The SMILES string of the molecule is CC[Si](CC)(CC)OC(C)(C)C(Cc1ccc(C#Cc2ccccc2)cc1)Cc1ccc(C#Cc2ccccc2)cc1. The molecule has 0 heterocycles. The maximum Gasteiger partial charge on any atom is 0.192 e. The first-order valence-electron chi connectivity index (χ1n) is 15.4. The Morgan fingerprint density at radius 2 is 0.857 bits per heavy atom. The summed E-state index contributed by atoms with van der Waals surface area (Å²) in [6.45, 7) is 11.6. The molecule has 4 aromatic carbocycles. The van der Waals surface area contributed by atoms with Crippen LogP contribution >= 0.6 is 0 Å². The highest BCUT2D eigenvalue weighted by Gasteiger charge is 2.39. The molecular weight excluding hydrogens is 525 g/mol. The topological polar surface area (TPSA) is 9.23 Å². The number of rotatable bonds is 10. The summed E-state index contributed by atoms with van der Waals surface area (Å²) in [5.74, 6) is 13.5. The van der Waals surface area contributed by atoms with Gasteiger partial charge >= 0.3 is 0 Å². The molecule has 0 saturated carbocycles. The lowest BCUT2D eigenvalue weighted by molar-refractivity contribution is 0.0316. The quantitative estimate of drug-likeness (QED) is 0.137. The van der Waals surface area contributed by atoms with Gasteiger partial charge in [-0.2, -0.15) is 0 Å². The number of hydrogen-bond donors (Lipinski definition) is 0. The third kappa shape index (κ3) is 8.84. The van der Waals surface area contributed by atoms with E-state index in [1.54, 1.807) is 0 Å². The molecule has 42 heavy (non-hydrogen) atoms. The zero-order valence-electron chi connectivity index (χ0n) is 25.9. The molecule has 0 aromatic heterocycles. The van der Waals surface area contributed by atoms with Crippen molar-refractivity contribution in [1.82, 2.24) is 0 Å². The summed E-state index contributed by atoms with van der Waals surface area (Å²) in [6, 6.07) is 41.3. The summed E-state index contributed by atoms with van der Waals surface area (Å²) in [4.78, 5) is 0. The molecule has 0 aliphatic rings. The maximum atomic E-state index is 7.20. The van der Waals surface area contributed by atoms with Crippen molar-refractivity contribution in [3.05, 3.63) is 143 Å². The molecule has 0 radical (unpaired) electrons. The minimum Gasteiger partial charge on any atom is -0.412 e. The lowest BCUT2D eigenvalue weighted by atomic mass is 9.81. The van der Waals surface area contributed by atoms with Crippen molar-refractivity contribution in [2.45, 2.75) is 71.2 Å². The molecular formula is C40H44OSi. The van der Waals surface area contributed by atoms with Gasteiger partial charge in [0.2, 0.25) is 0 Å². The summed E-state index contributed by atoms with van der Waals surface area (Å²) in [6.07, 6.45) is 1.91. The molecule has 1 nitrogen and oxygen atoms in total. The third-order valence-electron chi connectivity index (χ3n) is 8.52. The second-order valence-corrected chi connectivity index (χ2v) is 16.4. The molecule has 214 valence electrons. The lowest BCUT2D eigenvalue weighted by Crippen LogP contribution is -2.49. The summed E-state index contributed by atoms with van der Waals surface area (Å²) in [5, 5.41) is 0. The highest BCUT2D eigenvalue weighted by Crippen LogP contribution is 2.35. The van der Waals surface area contributed by atoms with E-state index in [2.05, 4.69) is 107 Å².